The minimum Gasteiger partial charge on any atom is -0.466 e. The fraction of sp³-hybridized carbons (Fsp3) is 0.667. The summed E-state index contributed by atoms with van der Waals surface area (Å²) >= 11 is 0. The number of hydrogen-bond donors (Lipinski definition) is 0. The van der Waals surface area contributed by atoms with Crippen molar-refractivity contribution in [2.75, 3.05) is 13.2 Å². The first kappa shape index (κ1) is 19.9. The molecule has 0 bridgehead atoms. The predicted octanol–water partition coefficient (Wildman–Crippen LogP) is 4.22. The quantitative estimate of drug-likeness (QED) is 0.660. The fourth-order valence-electron chi connectivity index (χ4n) is 3.48. The van der Waals surface area contributed by atoms with E-state index >= 15 is 0 Å². The second-order valence-corrected chi connectivity index (χ2v) is 7.21. The van der Waals surface area contributed by atoms with E-state index in [-0.39, 0.29) is 24.1 Å². The molecule has 0 aliphatic carbocycles. The number of esters is 1. The monoisotopic (exact) mass is 348 g/mol. The summed E-state index contributed by atoms with van der Waals surface area (Å²) in [5.41, 5.74) is 1.18. The minimum absolute atomic E-state index is 0.0747. The molecule has 0 saturated carbocycles. The molecule has 0 radical (unpaired) electrons. The van der Waals surface area contributed by atoms with Gasteiger partial charge in [-0.05, 0) is 38.2 Å². The molecule has 1 aromatic rings. The summed E-state index contributed by atoms with van der Waals surface area (Å²) in [6.45, 7) is 9.77. The first-order valence-corrected chi connectivity index (χ1v) is 9.46. The van der Waals surface area contributed by atoms with Crippen LogP contribution in [0.4, 0.5) is 0 Å². The predicted molar refractivity (Wildman–Crippen MR) is 98.1 cm³/mol. The molecule has 1 unspecified atom stereocenters. The van der Waals surface area contributed by atoms with Crippen LogP contribution in [0.2, 0.25) is 0 Å². The Morgan fingerprint density at radius 1 is 1.24 bits per heavy atom. The van der Waals surface area contributed by atoms with Crippen LogP contribution in [0.25, 0.3) is 0 Å². The smallest absolute Gasteiger partial charge is 0.311 e. The van der Waals surface area contributed by atoms with Crippen molar-refractivity contribution >= 4 is 5.97 Å². The van der Waals surface area contributed by atoms with Gasteiger partial charge in [0.05, 0.1) is 37.9 Å². The van der Waals surface area contributed by atoms with E-state index in [1.807, 2.05) is 32.0 Å². The van der Waals surface area contributed by atoms with Crippen LogP contribution in [0.5, 0.6) is 0 Å². The van der Waals surface area contributed by atoms with Crippen LogP contribution in [0.1, 0.15) is 46.1 Å². The molecular formula is C21H32O4. The van der Waals surface area contributed by atoms with Gasteiger partial charge in [-0.2, -0.15) is 0 Å². The Bertz CT molecular complexity index is 516. The molecule has 2 rings (SSSR count). The van der Waals surface area contributed by atoms with Gasteiger partial charge in [0, 0.05) is 5.92 Å². The zero-order valence-electron chi connectivity index (χ0n) is 15.9. The summed E-state index contributed by atoms with van der Waals surface area (Å²) in [6.07, 6.45) is 2.15. The van der Waals surface area contributed by atoms with Gasteiger partial charge in [-0.3, -0.25) is 4.79 Å². The minimum atomic E-state index is -0.227. The maximum atomic E-state index is 12.1. The normalized spacial score (nSPS) is 26.0. The summed E-state index contributed by atoms with van der Waals surface area (Å²) in [7, 11) is 0. The lowest BCUT2D eigenvalue weighted by atomic mass is 9.84. The van der Waals surface area contributed by atoms with E-state index in [1.54, 1.807) is 0 Å². The van der Waals surface area contributed by atoms with Crippen LogP contribution in [0.15, 0.2) is 30.3 Å². The van der Waals surface area contributed by atoms with Gasteiger partial charge in [-0.1, -0.05) is 44.2 Å². The highest BCUT2D eigenvalue weighted by Crippen LogP contribution is 2.33. The van der Waals surface area contributed by atoms with Crippen molar-refractivity contribution in [3.8, 4) is 0 Å². The second kappa shape index (κ2) is 9.93. The number of carbonyl (C=O) groups is 1. The highest BCUT2D eigenvalue weighted by atomic mass is 16.5. The van der Waals surface area contributed by atoms with Crippen LogP contribution in [0, 0.1) is 17.8 Å². The van der Waals surface area contributed by atoms with Crippen LogP contribution in [-0.4, -0.2) is 31.4 Å². The van der Waals surface area contributed by atoms with Crippen molar-refractivity contribution in [1.82, 2.24) is 0 Å². The number of hydrogen-bond acceptors (Lipinski definition) is 4. The Labute approximate surface area is 151 Å². The molecule has 4 nitrogen and oxygen atoms in total. The van der Waals surface area contributed by atoms with Crippen LogP contribution in [-0.2, 0) is 25.6 Å². The Hall–Kier alpha value is -1.39. The van der Waals surface area contributed by atoms with E-state index in [4.69, 9.17) is 14.2 Å². The molecule has 0 N–H and O–H groups in total. The molecule has 1 aliphatic rings. The van der Waals surface area contributed by atoms with Gasteiger partial charge < -0.3 is 14.2 Å². The maximum Gasteiger partial charge on any atom is 0.311 e. The Morgan fingerprint density at radius 2 is 1.96 bits per heavy atom. The van der Waals surface area contributed by atoms with Crippen molar-refractivity contribution < 1.29 is 19.0 Å². The topological polar surface area (TPSA) is 44.8 Å². The molecule has 1 fully saturated rings. The Balaban J connectivity index is 1.83. The zero-order chi connectivity index (χ0) is 18.2. The standard InChI is InChI=1S/C21H32O4/c1-5-24-21(22)17(4)20-15(2)11-12-19(25-20)16(3)13-23-14-18-9-7-6-8-10-18/h6-10,15-17,19-20H,5,11-14H2,1-4H3/t15-,16-,17+,19?,20-/m1/s1. The summed E-state index contributed by atoms with van der Waals surface area (Å²) in [5.74, 6) is 0.282. The van der Waals surface area contributed by atoms with E-state index in [2.05, 4.69) is 26.0 Å². The van der Waals surface area contributed by atoms with Crippen molar-refractivity contribution in [3.05, 3.63) is 35.9 Å². The SMILES string of the molecule is CCOC(=O)[C@@H](C)[C@@H]1OC([C@H](C)COCc2ccccc2)CC[C@H]1C. The van der Waals surface area contributed by atoms with Crippen molar-refractivity contribution in [1.29, 1.82) is 0 Å². The van der Waals surface area contributed by atoms with E-state index in [9.17, 15) is 4.79 Å². The number of carbonyl (C=O) groups excluding carboxylic acids is 1. The van der Waals surface area contributed by atoms with E-state index in [1.165, 1.54) is 5.56 Å². The third-order valence-corrected chi connectivity index (χ3v) is 5.08. The van der Waals surface area contributed by atoms with Gasteiger partial charge in [0.15, 0.2) is 0 Å². The third kappa shape index (κ3) is 5.82. The summed E-state index contributed by atoms with van der Waals surface area (Å²) in [6, 6.07) is 10.2. The Kier molecular flexibility index (Phi) is 7.91. The first-order chi connectivity index (χ1) is 12.0. The second-order valence-electron chi connectivity index (χ2n) is 7.21. The van der Waals surface area contributed by atoms with E-state index in [0.29, 0.717) is 31.7 Å². The summed E-state index contributed by atoms with van der Waals surface area (Å²) in [5, 5.41) is 0. The van der Waals surface area contributed by atoms with Crippen LogP contribution < -0.4 is 0 Å². The van der Waals surface area contributed by atoms with Gasteiger partial charge >= 0.3 is 5.97 Å². The molecule has 1 aromatic carbocycles. The number of benzene rings is 1. The first-order valence-electron chi connectivity index (χ1n) is 9.46. The van der Waals surface area contributed by atoms with Crippen LogP contribution in [0.3, 0.4) is 0 Å². The highest BCUT2D eigenvalue weighted by Gasteiger charge is 2.37. The lowest BCUT2D eigenvalue weighted by molar-refractivity contribution is -0.167. The lowest BCUT2D eigenvalue weighted by Crippen LogP contribution is -2.44. The van der Waals surface area contributed by atoms with E-state index < -0.39 is 0 Å². The van der Waals surface area contributed by atoms with Crippen molar-refractivity contribution in [3.63, 3.8) is 0 Å². The van der Waals surface area contributed by atoms with Gasteiger partial charge in [-0.15, -0.1) is 0 Å². The summed E-state index contributed by atoms with van der Waals surface area (Å²) in [4.78, 5) is 12.1. The molecule has 4 heteroatoms. The molecule has 1 aliphatic heterocycles. The lowest BCUT2D eigenvalue weighted by Gasteiger charge is -2.39. The maximum absolute atomic E-state index is 12.1. The van der Waals surface area contributed by atoms with Gasteiger partial charge in [0.1, 0.15) is 0 Å². The third-order valence-electron chi connectivity index (χ3n) is 5.08. The number of rotatable bonds is 8. The van der Waals surface area contributed by atoms with E-state index in [0.717, 1.165) is 12.8 Å². The molecule has 1 saturated heterocycles. The average molecular weight is 348 g/mol. The molecule has 140 valence electrons. The summed E-state index contributed by atoms with van der Waals surface area (Å²) < 4.78 is 17.4. The van der Waals surface area contributed by atoms with Crippen molar-refractivity contribution in [2.24, 2.45) is 17.8 Å². The Morgan fingerprint density at radius 3 is 2.64 bits per heavy atom. The molecule has 0 amide bonds. The van der Waals surface area contributed by atoms with Gasteiger partial charge in [0.2, 0.25) is 0 Å². The molecular weight excluding hydrogens is 316 g/mol. The molecule has 1 heterocycles. The van der Waals surface area contributed by atoms with Crippen molar-refractivity contribution in [2.45, 2.75) is 59.4 Å². The largest absolute Gasteiger partial charge is 0.466 e. The molecule has 0 spiro atoms. The van der Waals surface area contributed by atoms with Gasteiger partial charge in [0.25, 0.3) is 0 Å². The highest BCUT2D eigenvalue weighted by molar-refractivity contribution is 5.72. The molecule has 25 heavy (non-hydrogen) atoms. The molecule has 5 atom stereocenters. The number of ether oxygens (including phenoxy) is 3. The average Bonchev–Trinajstić information content (AvgIpc) is 2.62. The molecule has 0 aromatic heterocycles. The zero-order valence-corrected chi connectivity index (χ0v) is 15.9. The van der Waals surface area contributed by atoms with Crippen LogP contribution >= 0.6 is 0 Å². The van der Waals surface area contributed by atoms with Gasteiger partial charge in [-0.25, -0.2) is 0 Å². The fourth-order valence-corrected chi connectivity index (χ4v) is 3.48.